The highest BCUT2D eigenvalue weighted by molar-refractivity contribution is 7.98. The molecule has 1 amide bonds. The zero-order valence-electron chi connectivity index (χ0n) is 11.2. The molecular formula is C12H16FN3O3S. The fourth-order valence-electron chi connectivity index (χ4n) is 1.58. The predicted octanol–water partition coefficient (Wildman–Crippen LogP) is 2.26. The average Bonchev–Trinajstić information content (AvgIpc) is 2.40. The summed E-state index contributed by atoms with van der Waals surface area (Å²) in [6.45, 7) is 2.60. The van der Waals surface area contributed by atoms with E-state index in [9.17, 15) is 19.3 Å². The summed E-state index contributed by atoms with van der Waals surface area (Å²) in [5, 5.41) is 16.2. The van der Waals surface area contributed by atoms with Crippen LogP contribution in [-0.2, 0) is 0 Å². The number of nitrogens with one attached hydrogen (secondary N) is 2. The van der Waals surface area contributed by atoms with E-state index in [-0.39, 0.29) is 11.3 Å². The number of rotatable bonds is 7. The lowest BCUT2D eigenvalue weighted by Gasteiger charge is -2.09. The maximum Gasteiger partial charge on any atom is 0.285 e. The molecule has 0 atom stereocenters. The van der Waals surface area contributed by atoms with Gasteiger partial charge in [0.2, 0.25) is 0 Å². The van der Waals surface area contributed by atoms with Gasteiger partial charge in [-0.1, -0.05) is 0 Å². The summed E-state index contributed by atoms with van der Waals surface area (Å²) in [5.74, 6) is -0.634. The zero-order valence-corrected chi connectivity index (χ0v) is 12.1. The molecule has 2 N–H and O–H groups in total. The van der Waals surface area contributed by atoms with Gasteiger partial charge in [0.1, 0.15) is 5.56 Å². The molecule has 0 heterocycles. The van der Waals surface area contributed by atoms with Gasteiger partial charge in [-0.3, -0.25) is 14.9 Å². The number of carbonyl (C=O) groups is 1. The molecule has 1 aromatic carbocycles. The summed E-state index contributed by atoms with van der Waals surface area (Å²) in [5.41, 5.74) is -0.604. The lowest BCUT2D eigenvalue weighted by molar-refractivity contribution is -0.385. The van der Waals surface area contributed by atoms with E-state index in [4.69, 9.17) is 0 Å². The highest BCUT2D eigenvalue weighted by Crippen LogP contribution is 2.26. The zero-order chi connectivity index (χ0) is 15.1. The van der Waals surface area contributed by atoms with Crippen LogP contribution in [0.1, 0.15) is 17.3 Å². The number of hydrogen-bond donors (Lipinski definition) is 2. The summed E-state index contributed by atoms with van der Waals surface area (Å²) in [4.78, 5) is 22.1. The summed E-state index contributed by atoms with van der Waals surface area (Å²) >= 11 is 1.54. The Morgan fingerprint density at radius 3 is 2.75 bits per heavy atom. The maximum absolute atomic E-state index is 13.6. The minimum Gasteiger partial charge on any atom is -0.383 e. The topological polar surface area (TPSA) is 84.3 Å². The van der Waals surface area contributed by atoms with Crippen LogP contribution in [0.5, 0.6) is 0 Å². The van der Waals surface area contributed by atoms with Gasteiger partial charge in [-0.15, -0.1) is 0 Å². The van der Waals surface area contributed by atoms with E-state index in [2.05, 4.69) is 10.6 Å². The molecule has 1 rings (SSSR count). The number of nitro groups is 1. The van der Waals surface area contributed by atoms with Crippen molar-refractivity contribution in [2.24, 2.45) is 0 Å². The van der Waals surface area contributed by atoms with Crippen LogP contribution >= 0.6 is 11.8 Å². The van der Waals surface area contributed by atoms with E-state index >= 15 is 0 Å². The Kier molecular flexibility index (Phi) is 6.23. The molecule has 20 heavy (non-hydrogen) atoms. The highest BCUT2D eigenvalue weighted by atomic mass is 32.2. The van der Waals surface area contributed by atoms with E-state index in [1.165, 1.54) is 6.07 Å². The largest absolute Gasteiger partial charge is 0.383 e. The Balaban J connectivity index is 3.10. The minimum atomic E-state index is -0.762. The normalized spacial score (nSPS) is 10.2. The second kappa shape index (κ2) is 7.68. The fraction of sp³-hybridized carbons (Fsp3) is 0.417. The van der Waals surface area contributed by atoms with Gasteiger partial charge >= 0.3 is 0 Å². The first-order chi connectivity index (χ1) is 9.51. The molecule has 0 saturated heterocycles. The minimum absolute atomic E-state index is 0.0770. The fourth-order valence-corrected chi connectivity index (χ4v) is 1.89. The molecule has 0 unspecified atom stereocenters. The molecule has 6 nitrogen and oxygen atoms in total. The van der Waals surface area contributed by atoms with E-state index < -0.39 is 22.3 Å². The van der Waals surface area contributed by atoms with Crippen molar-refractivity contribution in [1.29, 1.82) is 0 Å². The van der Waals surface area contributed by atoms with E-state index in [0.29, 0.717) is 18.8 Å². The summed E-state index contributed by atoms with van der Waals surface area (Å²) in [7, 11) is 0. The van der Waals surface area contributed by atoms with E-state index in [1.807, 2.05) is 6.26 Å². The molecule has 0 aliphatic heterocycles. The standard InChI is InChI=1S/C12H16FN3O3S/c1-3-14-10-6-8(12(17)15-4-5-20-2)11(16(18)19)7-9(10)13/h6-7,14H,3-5H2,1-2H3,(H,15,17). The van der Waals surface area contributed by atoms with Crippen LogP contribution in [0.2, 0.25) is 0 Å². The van der Waals surface area contributed by atoms with Gasteiger partial charge in [-0.2, -0.15) is 11.8 Å². The first-order valence-electron chi connectivity index (χ1n) is 6.00. The van der Waals surface area contributed by atoms with Crippen molar-refractivity contribution in [2.45, 2.75) is 6.92 Å². The van der Waals surface area contributed by atoms with Gasteiger partial charge < -0.3 is 10.6 Å². The number of anilines is 1. The molecule has 0 aromatic heterocycles. The first-order valence-corrected chi connectivity index (χ1v) is 7.39. The Morgan fingerprint density at radius 2 is 2.20 bits per heavy atom. The molecule has 0 fully saturated rings. The van der Waals surface area contributed by atoms with Gasteiger partial charge in [-0.05, 0) is 19.2 Å². The summed E-state index contributed by atoms with van der Waals surface area (Å²) in [6, 6.07) is 1.94. The number of amides is 1. The molecule has 0 radical (unpaired) electrons. The number of thioether (sulfide) groups is 1. The SMILES string of the molecule is CCNc1cc(C(=O)NCCSC)c([N+](=O)[O-])cc1F. The van der Waals surface area contributed by atoms with Crippen LogP contribution in [0.3, 0.4) is 0 Å². The lowest BCUT2D eigenvalue weighted by atomic mass is 10.1. The molecule has 8 heteroatoms. The van der Waals surface area contributed by atoms with Gasteiger partial charge in [0.15, 0.2) is 5.82 Å². The predicted molar refractivity (Wildman–Crippen MR) is 77.9 cm³/mol. The number of nitrogens with zero attached hydrogens (tertiary/aromatic N) is 1. The third-order valence-electron chi connectivity index (χ3n) is 2.49. The van der Waals surface area contributed by atoms with Gasteiger partial charge in [0, 0.05) is 18.8 Å². The van der Waals surface area contributed by atoms with Crippen LogP contribution in [0.4, 0.5) is 15.8 Å². The number of carbonyl (C=O) groups excluding carboxylic acids is 1. The molecular weight excluding hydrogens is 285 g/mol. The summed E-state index contributed by atoms with van der Waals surface area (Å²) in [6.07, 6.45) is 1.88. The first kappa shape index (κ1) is 16.2. The Morgan fingerprint density at radius 1 is 1.50 bits per heavy atom. The molecule has 0 saturated carbocycles. The van der Waals surface area contributed by atoms with E-state index in [1.54, 1.807) is 18.7 Å². The van der Waals surface area contributed by atoms with Crippen LogP contribution < -0.4 is 10.6 Å². The maximum atomic E-state index is 13.6. The number of hydrogen-bond acceptors (Lipinski definition) is 5. The Hall–Kier alpha value is -1.83. The Labute approximate surface area is 120 Å². The molecule has 0 bridgehead atoms. The van der Waals surface area contributed by atoms with Crippen molar-refractivity contribution in [2.75, 3.05) is 30.4 Å². The number of nitro benzene ring substituents is 1. The molecule has 1 aromatic rings. The quantitative estimate of drug-likeness (QED) is 0.458. The van der Waals surface area contributed by atoms with Crippen molar-refractivity contribution in [1.82, 2.24) is 5.32 Å². The number of benzene rings is 1. The summed E-state index contributed by atoms with van der Waals surface area (Å²) < 4.78 is 13.6. The lowest BCUT2D eigenvalue weighted by Crippen LogP contribution is -2.26. The second-order valence-corrected chi connectivity index (χ2v) is 4.87. The second-order valence-electron chi connectivity index (χ2n) is 3.89. The van der Waals surface area contributed by atoms with Crippen LogP contribution in [0, 0.1) is 15.9 Å². The third-order valence-corrected chi connectivity index (χ3v) is 3.10. The Bertz CT molecular complexity index is 511. The molecule has 0 spiro atoms. The van der Waals surface area contributed by atoms with Crippen LogP contribution in [-0.4, -0.2) is 35.9 Å². The monoisotopic (exact) mass is 301 g/mol. The third kappa shape index (κ3) is 4.09. The average molecular weight is 301 g/mol. The molecule has 0 aliphatic carbocycles. The molecule has 110 valence electrons. The van der Waals surface area contributed by atoms with Gasteiger partial charge in [0.25, 0.3) is 11.6 Å². The number of halogens is 1. The van der Waals surface area contributed by atoms with Crippen LogP contribution in [0.15, 0.2) is 12.1 Å². The van der Waals surface area contributed by atoms with Gasteiger partial charge in [0.05, 0.1) is 16.7 Å². The van der Waals surface area contributed by atoms with Crippen molar-refractivity contribution < 1.29 is 14.1 Å². The molecule has 0 aliphatic rings. The van der Waals surface area contributed by atoms with E-state index in [0.717, 1.165) is 6.07 Å². The highest BCUT2D eigenvalue weighted by Gasteiger charge is 2.23. The van der Waals surface area contributed by atoms with Crippen molar-refractivity contribution in [3.8, 4) is 0 Å². The van der Waals surface area contributed by atoms with Crippen molar-refractivity contribution >= 4 is 29.0 Å². The smallest absolute Gasteiger partial charge is 0.285 e. The van der Waals surface area contributed by atoms with Gasteiger partial charge in [-0.25, -0.2) is 4.39 Å². The van der Waals surface area contributed by atoms with Crippen molar-refractivity contribution in [3.63, 3.8) is 0 Å². The van der Waals surface area contributed by atoms with Crippen molar-refractivity contribution in [3.05, 3.63) is 33.6 Å². The van der Waals surface area contributed by atoms with Crippen LogP contribution in [0.25, 0.3) is 0 Å².